The highest BCUT2D eigenvalue weighted by Gasteiger charge is 2.44. The number of hydrogen-bond donors (Lipinski definition) is 0. The Labute approximate surface area is 139 Å². The summed E-state index contributed by atoms with van der Waals surface area (Å²) >= 11 is 2.48. The van der Waals surface area contributed by atoms with Crippen LogP contribution in [-0.4, -0.2) is 0 Å². The van der Waals surface area contributed by atoms with Gasteiger partial charge in [0.2, 0.25) is 0 Å². The SMILES string of the molecule is CC1(C)c2cccc3cc(I)c4cccc(c4c23)C1(C)C. The largest absolute Gasteiger partial charge is 0.0613 e. The van der Waals surface area contributed by atoms with E-state index in [0.29, 0.717) is 0 Å². The van der Waals surface area contributed by atoms with Crippen LogP contribution in [-0.2, 0) is 10.8 Å². The van der Waals surface area contributed by atoms with Crippen molar-refractivity contribution >= 4 is 44.1 Å². The van der Waals surface area contributed by atoms with Gasteiger partial charge in [-0.25, -0.2) is 0 Å². The van der Waals surface area contributed by atoms with Crippen molar-refractivity contribution < 1.29 is 0 Å². The number of halogens is 1. The second-order valence-corrected chi connectivity index (χ2v) is 8.40. The molecule has 1 aliphatic rings. The third-order valence-electron chi connectivity index (χ3n) is 5.86. The van der Waals surface area contributed by atoms with Crippen molar-refractivity contribution in [3.8, 4) is 0 Å². The smallest absolute Gasteiger partial charge is 0.0215 e. The topological polar surface area (TPSA) is 0 Å². The Morgan fingerprint density at radius 3 is 2.00 bits per heavy atom. The van der Waals surface area contributed by atoms with Crippen LogP contribution in [0.5, 0.6) is 0 Å². The van der Waals surface area contributed by atoms with Crippen molar-refractivity contribution in [2.45, 2.75) is 38.5 Å². The molecular formula is C20H19I. The van der Waals surface area contributed by atoms with E-state index in [1.165, 1.54) is 36.2 Å². The molecule has 0 fully saturated rings. The molecule has 3 aromatic carbocycles. The molecular weight excluding hydrogens is 367 g/mol. The molecule has 21 heavy (non-hydrogen) atoms. The molecule has 0 amide bonds. The third-order valence-corrected chi connectivity index (χ3v) is 6.75. The molecule has 0 spiro atoms. The third kappa shape index (κ3) is 1.51. The Balaban J connectivity index is 2.41. The normalized spacial score (nSPS) is 18.5. The summed E-state index contributed by atoms with van der Waals surface area (Å²) in [5.41, 5.74) is 3.23. The maximum atomic E-state index is 2.48. The average Bonchev–Trinajstić information content (AvgIpc) is 2.44. The molecule has 0 bridgehead atoms. The second kappa shape index (κ2) is 4.01. The standard InChI is InChI=1S/C20H19I/c1-19(2)14-9-5-7-12-11-16(21)13-8-6-10-15(20(19,3)4)18(13)17(12)14/h5-11H,1-4H3. The molecule has 0 N–H and O–H groups in total. The van der Waals surface area contributed by atoms with Gasteiger partial charge >= 0.3 is 0 Å². The number of benzene rings is 3. The molecule has 0 aromatic heterocycles. The minimum absolute atomic E-state index is 0.123. The molecule has 4 rings (SSSR count). The molecule has 0 saturated heterocycles. The predicted molar refractivity (Wildman–Crippen MR) is 100 cm³/mol. The second-order valence-electron chi connectivity index (χ2n) is 7.24. The van der Waals surface area contributed by atoms with Crippen LogP contribution in [0.3, 0.4) is 0 Å². The first kappa shape index (κ1) is 13.6. The summed E-state index contributed by atoms with van der Waals surface area (Å²) in [7, 11) is 0. The van der Waals surface area contributed by atoms with E-state index in [9.17, 15) is 0 Å². The molecule has 0 nitrogen and oxygen atoms in total. The van der Waals surface area contributed by atoms with Gasteiger partial charge < -0.3 is 0 Å². The first-order valence-corrected chi connectivity index (χ1v) is 8.58. The molecule has 106 valence electrons. The zero-order valence-corrected chi connectivity index (χ0v) is 15.1. The summed E-state index contributed by atoms with van der Waals surface area (Å²) in [6.45, 7) is 9.57. The van der Waals surface area contributed by atoms with Gasteiger partial charge in [0.15, 0.2) is 0 Å². The van der Waals surface area contributed by atoms with E-state index in [0.717, 1.165) is 0 Å². The highest BCUT2D eigenvalue weighted by Crippen LogP contribution is 2.53. The minimum atomic E-state index is 0.123. The van der Waals surface area contributed by atoms with Crippen LogP contribution in [0.2, 0.25) is 0 Å². The molecule has 0 heterocycles. The highest BCUT2D eigenvalue weighted by molar-refractivity contribution is 14.1. The van der Waals surface area contributed by atoms with Crippen molar-refractivity contribution in [1.29, 1.82) is 0 Å². The van der Waals surface area contributed by atoms with Crippen LogP contribution < -0.4 is 0 Å². The fourth-order valence-electron chi connectivity index (χ4n) is 3.92. The zero-order chi connectivity index (χ0) is 15.0. The predicted octanol–water partition coefficient (Wildman–Crippen LogP) is 6.17. The van der Waals surface area contributed by atoms with Gasteiger partial charge in [0.1, 0.15) is 0 Å². The quantitative estimate of drug-likeness (QED) is 0.320. The summed E-state index contributed by atoms with van der Waals surface area (Å²) in [4.78, 5) is 0. The van der Waals surface area contributed by atoms with Gasteiger partial charge in [-0.3, -0.25) is 0 Å². The van der Waals surface area contributed by atoms with E-state index in [2.05, 4.69) is 92.8 Å². The molecule has 0 unspecified atom stereocenters. The van der Waals surface area contributed by atoms with E-state index < -0.39 is 0 Å². The van der Waals surface area contributed by atoms with Crippen molar-refractivity contribution in [2.24, 2.45) is 0 Å². The van der Waals surface area contributed by atoms with Crippen LogP contribution >= 0.6 is 22.6 Å². The summed E-state index contributed by atoms with van der Waals surface area (Å²) < 4.78 is 1.35. The maximum absolute atomic E-state index is 2.48. The van der Waals surface area contributed by atoms with Gasteiger partial charge in [-0.05, 0) is 72.2 Å². The lowest BCUT2D eigenvalue weighted by Gasteiger charge is -2.47. The van der Waals surface area contributed by atoms with Crippen LogP contribution in [0.4, 0.5) is 0 Å². The molecule has 1 heteroatoms. The van der Waals surface area contributed by atoms with Crippen LogP contribution in [0.1, 0.15) is 38.8 Å². The van der Waals surface area contributed by atoms with E-state index in [-0.39, 0.29) is 10.8 Å². The van der Waals surface area contributed by atoms with Gasteiger partial charge in [-0.1, -0.05) is 64.1 Å². The van der Waals surface area contributed by atoms with Gasteiger partial charge in [0.25, 0.3) is 0 Å². The first-order valence-electron chi connectivity index (χ1n) is 7.50. The van der Waals surface area contributed by atoms with Crippen molar-refractivity contribution in [1.82, 2.24) is 0 Å². The fraction of sp³-hybridized carbons (Fsp3) is 0.300. The summed E-state index contributed by atoms with van der Waals surface area (Å²) in [5.74, 6) is 0. The summed E-state index contributed by atoms with van der Waals surface area (Å²) in [5, 5.41) is 5.71. The molecule has 0 aliphatic heterocycles. The van der Waals surface area contributed by atoms with Crippen molar-refractivity contribution in [3.05, 3.63) is 57.2 Å². The highest BCUT2D eigenvalue weighted by atomic mass is 127. The Morgan fingerprint density at radius 2 is 1.33 bits per heavy atom. The lowest BCUT2D eigenvalue weighted by Crippen LogP contribution is -2.42. The van der Waals surface area contributed by atoms with Gasteiger partial charge in [0, 0.05) is 3.57 Å². The van der Waals surface area contributed by atoms with Gasteiger partial charge in [-0.15, -0.1) is 0 Å². The Kier molecular flexibility index (Phi) is 2.59. The average molecular weight is 386 g/mol. The lowest BCUT2D eigenvalue weighted by atomic mass is 9.56. The summed E-state index contributed by atoms with van der Waals surface area (Å²) in [6.07, 6.45) is 0. The van der Waals surface area contributed by atoms with Crippen molar-refractivity contribution in [2.75, 3.05) is 0 Å². The molecule has 1 aliphatic carbocycles. The van der Waals surface area contributed by atoms with Crippen LogP contribution in [0.15, 0.2) is 42.5 Å². The Bertz CT molecular complexity index is 900. The molecule has 0 saturated carbocycles. The van der Waals surface area contributed by atoms with E-state index in [1.807, 2.05) is 0 Å². The minimum Gasteiger partial charge on any atom is -0.0613 e. The molecule has 3 aromatic rings. The van der Waals surface area contributed by atoms with Crippen LogP contribution in [0, 0.1) is 3.57 Å². The zero-order valence-electron chi connectivity index (χ0n) is 12.9. The summed E-state index contributed by atoms with van der Waals surface area (Å²) in [6, 6.07) is 15.9. The Morgan fingerprint density at radius 1 is 0.762 bits per heavy atom. The number of hydrogen-bond acceptors (Lipinski definition) is 0. The monoisotopic (exact) mass is 386 g/mol. The van der Waals surface area contributed by atoms with Gasteiger partial charge in [-0.2, -0.15) is 0 Å². The Hall–Kier alpha value is -1.09. The van der Waals surface area contributed by atoms with E-state index in [4.69, 9.17) is 0 Å². The van der Waals surface area contributed by atoms with Crippen molar-refractivity contribution in [3.63, 3.8) is 0 Å². The van der Waals surface area contributed by atoms with E-state index >= 15 is 0 Å². The van der Waals surface area contributed by atoms with E-state index in [1.54, 1.807) is 0 Å². The fourth-order valence-corrected chi connectivity index (χ4v) is 4.70. The van der Waals surface area contributed by atoms with Crippen LogP contribution in [0.25, 0.3) is 21.5 Å². The molecule has 0 radical (unpaired) electrons. The maximum Gasteiger partial charge on any atom is 0.0215 e. The number of rotatable bonds is 0. The molecule has 0 atom stereocenters. The lowest BCUT2D eigenvalue weighted by molar-refractivity contribution is 0.304. The van der Waals surface area contributed by atoms with Gasteiger partial charge in [0.05, 0.1) is 0 Å². The first-order chi connectivity index (χ1) is 9.85.